The quantitative estimate of drug-likeness (QED) is 0.284. The van der Waals surface area contributed by atoms with Gasteiger partial charge in [-0.25, -0.2) is 23.8 Å². The van der Waals surface area contributed by atoms with Crippen molar-refractivity contribution in [1.82, 2.24) is 24.7 Å². The van der Waals surface area contributed by atoms with Gasteiger partial charge in [0.2, 0.25) is 0 Å². The van der Waals surface area contributed by atoms with Gasteiger partial charge in [-0.1, -0.05) is 6.42 Å². The van der Waals surface area contributed by atoms with Gasteiger partial charge in [0, 0.05) is 18.8 Å². The third-order valence-corrected chi connectivity index (χ3v) is 6.98. The van der Waals surface area contributed by atoms with Crippen molar-refractivity contribution >= 4 is 16.5 Å². The van der Waals surface area contributed by atoms with E-state index in [1.54, 1.807) is 5.10 Å². The summed E-state index contributed by atoms with van der Waals surface area (Å²) < 4.78 is 101. The van der Waals surface area contributed by atoms with Crippen LogP contribution in [0.1, 0.15) is 31.2 Å². The number of alkyl halides is 5. The molecule has 222 valence electrons. The van der Waals surface area contributed by atoms with Crippen molar-refractivity contribution in [1.29, 1.82) is 0 Å². The van der Waals surface area contributed by atoms with Crippen molar-refractivity contribution in [3.63, 3.8) is 0 Å². The highest BCUT2D eigenvalue weighted by molar-refractivity contribution is 5.86. The lowest BCUT2D eigenvalue weighted by atomic mass is 9.85. The van der Waals surface area contributed by atoms with Gasteiger partial charge in [0.25, 0.3) is 11.1 Å². The molecule has 0 amide bonds. The van der Waals surface area contributed by atoms with E-state index in [1.807, 2.05) is 0 Å². The molecule has 0 unspecified atom stereocenters. The van der Waals surface area contributed by atoms with E-state index < -0.39 is 63.8 Å². The van der Waals surface area contributed by atoms with Gasteiger partial charge in [0.1, 0.15) is 5.56 Å². The predicted octanol–water partition coefficient (Wildman–Crippen LogP) is 5.11. The number of aromatic nitrogens is 5. The lowest BCUT2D eigenvalue weighted by molar-refractivity contribution is -0.138. The molecule has 1 fully saturated rings. The number of hydrogen-bond donors (Lipinski definition) is 2. The maximum Gasteiger partial charge on any atom is 0.423 e. The van der Waals surface area contributed by atoms with E-state index in [1.165, 1.54) is 16.8 Å². The van der Waals surface area contributed by atoms with Gasteiger partial charge in [-0.15, -0.1) is 0 Å². The molecule has 42 heavy (non-hydrogen) atoms. The fourth-order valence-electron chi connectivity index (χ4n) is 5.18. The lowest BCUT2D eigenvalue weighted by Crippen LogP contribution is -2.33. The minimum absolute atomic E-state index is 0.0475. The second-order valence-electron chi connectivity index (χ2n) is 9.77. The minimum Gasteiger partial charge on any atom is -0.432 e. The summed E-state index contributed by atoms with van der Waals surface area (Å²) in [5.41, 5.74) is -4.41. The van der Waals surface area contributed by atoms with Crippen LogP contribution in [0.25, 0.3) is 22.2 Å². The summed E-state index contributed by atoms with van der Waals surface area (Å²) in [5, 5.41) is 7.51. The van der Waals surface area contributed by atoms with Crippen LogP contribution in [0.15, 0.2) is 46.5 Å². The van der Waals surface area contributed by atoms with Crippen LogP contribution in [0.4, 0.5) is 36.4 Å². The molecule has 2 N–H and O–H groups in total. The third-order valence-electron chi connectivity index (χ3n) is 6.98. The number of nitrogens with zero attached hydrogens (tertiary/aromatic N) is 4. The van der Waals surface area contributed by atoms with E-state index in [2.05, 4.69) is 25.1 Å². The molecule has 0 saturated heterocycles. The smallest absolute Gasteiger partial charge is 0.423 e. The molecule has 16 heteroatoms. The van der Waals surface area contributed by atoms with Crippen LogP contribution in [-0.4, -0.2) is 37.4 Å². The van der Waals surface area contributed by atoms with Gasteiger partial charge in [0.05, 0.1) is 35.2 Å². The maximum absolute atomic E-state index is 15.2. The zero-order valence-corrected chi connectivity index (χ0v) is 21.4. The number of benzene rings is 1. The Balaban J connectivity index is 1.37. The number of rotatable bonds is 7. The molecule has 1 aliphatic rings. The minimum atomic E-state index is -4.90. The van der Waals surface area contributed by atoms with Crippen molar-refractivity contribution in [2.24, 2.45) is 5.92 Å². The lowest BCUT2D eigenvalue weighted by Gasteiger charge is -2.31. The summed E-state index contributed by atoms with van der Waals surface area (Å²) in [7, 11) is 0. The summed E-state index contributed by atoms with van der Waals surface area (Å²) in [5.74, 6) is -3.75. The first-order valence-corrected chi connectivity index (χ1v) is 12.6. The zero-order chi connectivity index (χ0) is 30.2. The molecule has 9 nitrogen and oxygen atoms in total. The number of nitrogens with one attached hydrogen (secondary N) is 2. The monoisotopic (exact) mass is 598 g/mol. The first kappa shape index (κ1) is 29.0. The van der Waals surface area contributed by atoms with Crippen LogP contribution in [-0.2, 0) is 12.7 Å². The summed E-state index contributed by atoms with van der Waals surface area (Å²) in [6.07, 6.45) is 1.21. The molecule has 3 heterocycles. The molecule has 0 aliphatic heterocycles. The molecule has 2 atom stereocenters. The highest BCUT2D eigenvalue weighted by Gasteiger charge is 2.38. The fourth-order valence-corrected chi connectivity index (χ4v) is 5.18. The standard InChI is InChI=1S/C26H21F7N6O3/c27-20-16(22-34-8-15(9-35-22)42-25(29)30)7-13-4-5-39(24(41)18(13)21(20)28)11-12-2-1-3-14(6-12)37-17-10-36-38-23(40)19(17)26(31,32)33/h4-5,7-10,12,14,25H,1-3,6,11H2,(H2,37,38,40)/t12-,14+/m1/s1. The molecule has 0 spiro atoms. The summed E-state index contributed by atoms with van der Waals surface area (Å²) in [6, 6.07) is 2.10. The molecule has 0 bridgehead atoms. The highest BCUT2D eigenvalue weighted by Crippen LogP contribution is 2.34. The Morgan fingerprint density at radius 2 is 1.83 bits per heavy atom. The molecule has 4 aromatic rings. The van der Waals surface area contributed by atoms with Crippen molar-refractivity contribution in [2.75, 3.05) is 5.32 Å². The number of fused-ring (bicyclic) bond motifs is 1. The van der Waals surface area contributed by atoms with Gasteiger partial charge in [-0.3, -0.25) is 9.59 Å². The van der Waals surface area contributed by atoms with Crippen molar-refractivity contribution in [2.45, 2.75) is 51.1 Å². The zero-order valence-electron chi connectivity index (χ0n) is 21.4. The normalized spacial score (nSPS) is 17.5. The largest absolute Gasteiger partial charge is 0.432 e. The molecule has 5 rings (SSSR count). The molecule has 0 radical (unpaired) electrons. The van der Waals surface area contributed by atoms with Gasteiger partial charge in [-0.2, -0.15) is 27.1 Å². The van der Waals surface area contributed by atoms with Crippen LogP contribution in [0.2, 0.25) is 0 Å². The Labute approximate surface area is 231 Å². The average Bonchev–Trinajstić information content (AvgIpc) is 2.92. The first-order valence-electron chi connectivity index (χ1n) is 12.6. The van der Waals surface area contributed by atoms with E-state index in [4.69, 9.17) is 0 Å². The summed E-state index contributed by atoms with van der Waals surface area (Å²) in [6.45, 7) is -3.04. The second kappa shape index (κ2) is 11.4. The number of anilines is 1. The van der Waals surface area contributed by atoms with E-state index in [0.29, 0.717) is 25.7 Å². The van der Waals surface area contributed by atoms with Gasteiger partial charge in [0.15, 0.2) is 23.2 Å². The average molecular weight is 598 g/mol. The van der Waals surface area contributed by atoms with E-state index in [9.17, 15) is 31.5 Å². The van der Waals surface area contributed by atoms with Crippen LogP contribution in [0.5, 0.6) is 5.75 Å². The number of hydrogen-bond acceptors (Lipinski definition) is 7. The molecule has 3 aromatic heterocycles. The maximum atomic E-state index is 15.2. The van der Waals surface area contributed by atoms with Crippen LogP contribution >= 0.6 is 0 Å². The first-order chi connectivity index (χ1) is 19.9. The molecular weight excluding hydrogens is 577 g/mol. The number of pyridine rings is 1. The third kappa shape index (κ3) is 5.92. The number of H-pyrrole nitrogens is 1. The SMILES string of the molecule is O=c1[nH]ncc(N[C@H]2CCC[C@@H](Cn3ccc4cc(-c5ncc(OC(F)F)cn5)c(F)c(F)c4c3=O)C2)c1C(F)(F)F. The van der Waals surface area contributed by atoms with E-state index in [0.717, 1.165) is 24.7 Å². The number of halogens is 7. The summed E-state index contributed by atoms with van der Waals surface area (Å²) in [4.78, 5) is 32.4. The number of ether oxygens (including phenoxy) is 1. The Morgan fingerprint density at radius 1 is 1.10 bits per heavy atom. The molecular formula is C26H21F7N6O3. The van der Waals surface area contributed by atoms with Crippen LogP contribution in [0.3, 0.4) is 0 Å². The van der Waals surface area contributed by atoms with E-state index in [-0.39, 0.29) is 29.4 Å². The Kier molecular flexibility index (Phi) is 7.88. The second-order valence-corrected chi connectivity index (χ2v) is 9.77. The topological polar surface area (TPSA) is 115 Å². The molecule has 1 aromatic carbocycles. The number of aromatic amines is 1. The van der Waals surface area contributed by atoms with Crippen molar-refractivity contribution in [3.8, 4) is 17.1 Å². The van der Waals surface area contributed by atoms with Gasteiger partial charge >= 0.3 is 12.8 Å². The molecule has 1 saturated carbocycles. The molecule has 1 aliphatic carbocycles. The van der Waals surface area contributed by atoms with Crippen molar-refractivity contribution in [3.05, 3.63) is 74.8 Å². The summed E-state index contributed by atoms with van der Waals surface area (Å²) >= 11 is 0. The van der Waals surface area contributed by atoms with Gasteiger partial charge in [-0.05, 0) is 42.7 Å². The predicted molar refractivity (Wildman–Crippen MR) is 135 cm³/mol. The van der Waals surface area contributed by atoms with Crippen LogP contribution in [0, 0.1) is 17.6 Å². The Hall–Kier alpha value is -4.50. The van der Waals surface area contributed by atoms with Crippen molar-refractivity contribution < 1.29 is 35.5 Å². The van der Waals surface area contributed by atoms with Crippen LogP contribution < -0.4 is 21.2 Å². The Morgan fingerprint density at radius 3 is 2.52 bits per heavy atom. The van der Waals surface area contributed by atoms with E-state index >= 15 is 8.78 Å². The fraction of sp³-hybridized carbons (Fsp3) is 0.346. The Bertz CT molecular complexity index is 1720. The van der Waals surface area contributed by atoms with Gasteiger partial charge < -0.3 is 14.6 Å². The highest BCUT2D eigenvalue weighted by atomic mass is 19.4.